The summed E-state index contributed by atoms with van der Waals surface area (Å²) in [6.07, 6.45) is -1.72. The van der Waals surface area contributed by atoms with Gasteiger partial charge < -0.3 is 10.0 Å². The van der Waals surface area contributed by atoms with Gasteiger partial charge in [-0.15, -0.1) is 0 Å². The number of halogens is 3. The first kappa shape index (κ1) is 15.8. The van der Waals surface area contributed by atoms with Gasteiger partial charge in [0, 0.05) is 19.3 Å². The van der Waals surface area contributed by atoms with Crippen LogP contribution in [-0.4, -0.2) is 40.0 Å². The molecule has 1 aromatic heterocycles. The maximum atomic E-state index is 12.5. The van der Waals surface area contributed by atoms with E-state index < -0.39 is 29.7 Å². The highest BCUT2D eigenvalue weighted by atomic mass is 19.4. The van der Waals surface area contributed by atoms with E-state index in [2.05, 4.69) is 4.98 Å². The largest absolute Gasteiger partial charge is 0.481 e. The molecule has 1 saturated carbocycles. The molecule has 2 heterocycles. The molecule has 1 amide bonds. The molecule has 0 radical (unpaired) electrons. The molecule has 0 aromatic carbocycles. The third-order valence-corrected chi connectivity index (χ3v) is 4.50. The predicted octanol–water partition coefficient (Wildman–Crippen LogP) is 2.28. The number of carbonyl (C=O) groups is 2. The van der Waals surface area contributed by atoms with Crippen LogP contribution in [0.3, 0.4) is 0 Å². The first-order valence-corrected chi connectivity index (χ1v) is 7.32. The first-order valence-electron chi connectivity index (χ1n) is 7.32. The number of hydrogen-bond donors (Lipinski definition) is 1. The third-order valence-electron chi connectivity index (χ3n) is 4.50. The maximum Gasteiger partial charge on any atom is 0.433 e. The lowest BCUT2D eigenvalue weighted by Gasteiger charge is -2.16. The van der Waals surface area contributed by atoms with Gasteiger partial charge in [-0.2, -0.15) is 13.2 Å². The van der Waals surface area contributed by atoms with Crippen LogP contribution in [0.2, 0.25) is 0 Å². The number of carboxylic acid groups (broad SMARTS) is 1. The summed E-state index contributed by atoms with van der Waals surface area (Å²) in [5.74, 6) is -1.74. The minimum absolute atomic E-state index is 0.0404. The molecule has 8 heteroatoms. The minimum Gasteiger partial charge on any atom is -0.481 e. The van der Waals surface area contributed by atoms with Crippen LogP contribution in [0.15, 0.2) is 18.3 Å². The van der Waals surface area contributed by atoms with Crippen molar-refractivity contribution in [3.63, 3.8) is 0 Å². The van der Waals surface area contributed by atoms with Gasteiger partial charge in [-0.05, 0) is 36.8 Å². The second-order valence-corrected chi connectivity index (χ2v) is 6.09. The minimum atomic E-state index is -4.55. The Morgan fingerprint density at radius 3 is 2.39 bits per heavy atom. The van der Waals surface area contributed by atoms with Crippen LogP contribution >= 0.6 is 0 Å². The SMILES string of the molecule is O=C(O)[C@H]1CN(C(=O)c2ccc(C(F)(F)F)nc2)C[C@@H]1C1CC1. The van der Waals surface area contributed by atoms with Gasteiger partial charge in [-0.3, -0.25) is 14.6 Å². The van der Waals surface area contributed by atoms with Crippen molar-refractivity contribution in [2.45, 2.75) is 19.0 Å². The number of carbonyl (C=O) groups excluding carboxylic acids is 1. The summed E-state index contributed by atoms with van der Waals surface area (Å²) in [4.78, 5) is 28.4. The Morgan fingerprint density at radius 1 is 1.22 bits per heavy atom. The number of rotatable bonds is 3. The molecule has 0 bridgehead atoms. The van der Waals surface area contributed by atoms with Gasteiger partial charge in [-0.1, -0.05) is 0 Å². The van der Waals surface area contributed by atoms with Crippen LogP contribution in [-0.2, 0) is 11.0 Å². The summed E-state index contributed by atoms with van der Waals surface area (Å²) in [6.45, 7) is 0.428. The molecule has 5 nitrogen and oxygen atoms in total. The molecule has 2 atom stereocenters. The number of aliphatic carboxylic acids is 1. The third kappa shape index (κ3) is 3.16. The molecular formula is C15H15F3N2O3. The highest BCUT2D eigenvalue weighted by Crippen LogP contribution is 2.44. The molecular weight excluding hydrogens is 313 g/mol. The van der Waals surface area contributed by atoms with E-state index in [0.717, 1.165) is 31.2 Å². The van der Waals surface area contributed by atoms with E-state index in [1.807, 2.05) is 0 Å². The Bertz CT molecular complexity index is 626. The fourth-order valence-corrected chi connectivity index (χ4v) is 3.13. The van der Waals surface area contributed by atoms with Crippen LogP contribution in [0, 0.1) is 17.8 Å². The van der Waals surface area contributed by atoms with E-state index in [1.54, 1.807) is 0 Å². The summed E-state index contributed by atoms with van der Waals surface area (Å²) >= 11 is 0. The van der Waals surface area contributed by atoms with Gasteiger partial charge in [0.2, 0.25) is 0 Å². The van der Waals surface area contributed by atoms with Crippen molar-refractivity contribution in [3.05, 3.63) is 29.6 Å². The van der Waals surface area contributed by atoms with Gasteiger partial charge in [0.1, 0.15) is 5.69 Å². The molecule has 1 saturated heterocycles. The number of hydrogen-bond acceptors (Lipinski definition) is 3. The first-order chi connectivity index (χ1) is 10.8. The normalized spacial score (nSPS) is 24.7. The van der Waals surface area contributed by atoms with Gasteiger partial charge >= 0.3 is 12.1 Å². The molecule has 2 fully saturated rings. The fraction of sp³-hybridized carbons (Fsp3) is 0.533. The Hall–Kier alpha value is -2.12. The van der Waals surface area contributed by atoms with Crippen LogP contribution < -0.4 is 0 Å². The summed E-state index contributed by atoms with van der Waals surface area (Å²) in [5.41, 5.74) is -1.02. The number of amides is 1. The summed E-state index contributed by atoms with van der Waals surface area (Å²) in [7, 11) is 0. The van der Waals surface area contributed by atoms with Crippen molar-refractivity contribution in [1.29, 1.82) is 0 Å². The van der Waals surface area contributed by atoms with E-state index in [9.17, 15) is 27.9 Å². The molecule has 1 aliphatic carbocycles. The fourth-order valence-electron chi connectivity index (χ4n) is 3.13. The molecule has 1 aliphatic heterocycles. The second kappa shape index (κ2) is 5.50. The van der Waals surface area contributed by atoms with Gasteiger partial charge in [-0.25, -0.2) is 0 Å². The van der Waals surface area contributed by atoms with E-state index in [4.69, 9.17) is 0 Å². The number of alkyl halides is 3. The predicted molar refractivity (Wildman–Crippen MR) is 72.5 cm³/mol. The Morgan fingerprint density at radius 2 is 1.91 bits per heavy atom. The quantitative estimate of drug-likeness (QED) is 0.924. The monoisotopic (exact) mass is 328 g/mol. The molecule has 1 aromatic rings. The lowest BCUT2D eigenvalue weighted by molar-refractivity contribution is -0.143. The average molecular weight is 328 g/mol. The Kier molecular flexibility index (Phi) is 3.77. The lowest BCUT2D eigenvalue weighted by Crippen LogP contribution is -2.30. The molecule has 23 heavy (non-hydrogen) atoms. The Balaban J connectivity index is 1.74. The standard InChI is InChI=1S/C15H15F3N2O3/c16-15(17,18)12-4-3-9(5-19-12)13(21)20-6-10(8-1-2-8)11(7-20)14(22)23/h3-5,8,10-11H,1-2,6-7H2,(H,22,23)/t10-,11+/m1/s1. The van der Waals surface area contributed by atoms with E-state index in [-0.39, 0.29) is 18.0 Å². The van der Waals surface area contributed by atoms with Crippen molar-refractivity contribution in [1.82, 2.24) is 9.88 Å². The Labute approximate surface area is 130 Å². The number of pyridine rings is 1. The highest BCUT2D eigenvalue weighted by Gasteiger charge is 2.47. The van der Waals surface area contributed by atoms with Crippen molar-refractivity contribution in [2.24, 2.45) is 17.8 Å². The zero-order valence-corrected chi connectivity index (χ0v) is 12.1. The number of carboxylic acids is 1. The van der Waals surface area contributed by atoms with E-state index in [1.165, 1.54) is 4.90 Å². The van der Waals surface area contributed by atoms with Crippen molar-refractivity contribution >= 4 is 11.9 Å². The zero-order valence-electron chi connectivity index (χ0n) is 12.1. The topological polar surface area (TPSA) is 70.5 Å². The average Bonchev–Trinajstić information content (AvgIpc) is 3.24. The molecule has 2 aliphatic rings. The lowest BCUT2D eigenvalue weighted by atomic mass is 9.92. The highest BCUT2D eigenvalue weighted by molar-refractivity contribution is 5.94. The second-order valence-electron chi connectivity index (χ2n) is 6.09. The summed E-state index contributed by atoms with van der Waals surface area (Å²) in [5, 5.41) is 9.28. The number of aromatic nitrogens is 1. The smallest absolute Gasteiger partial charge is 0.433 e. The van der Waals surface area contributed by atoms with Crippen LogP contribution in [0.1, 0.15) is 28.9 Å². The number of likely N-dealkylation sites (tertiary alicyclic amines) is 1. The van der Waals surface area contributed by atoms with Crippen molar-refractivity contribution in [3.8, 4) is 0 Å². The molecule has 0 unspecified atom stereocenters. The van der Waals surface area contributed by atoms with Crippen LogP contribution in [0.25, 0.3) is 0 Å². The van der Waals surface area contributed by atoms with E-state index >= 15 is 0 Å². The van der Waals surface area contributed by atoms with Gasteiger partial charge in [0.05, 0.1) is 11.5 Å². The zero-order chi connectivity index (χ0) is 16.8. The van der Waals surface area contributed by atoms with Crippen molar-refractivity contribution in [2.75, 3.05) is 13.1 Å². The maximum absolute atomic E-state index is 12.5. The van der Waals surface area contributed by atoms with E-state index in [0.29, 0.717) is 12.5 Å². The van der Waals surface area contributed by atoms with Gasteiger partial charge in [0.25, 0.3) is 5.91 Å². The van der Waals surface area contributed by atoms with Gasteiger partial charge in [0.15, 0.2) is 0 Å². The summed E-state index contributed by atoms with van der Waals surface area (Å²) in [6, 6.07) is 1.84. The van der Waals surface area contributed by atoms with Crippen LogP contribution in [0.4, 0.5) is 13.2 Å². The van der Waals surface area contributed by atoms with Crippen LogP contribution in [0.5, 0.6) is 0 Å². The molecule has 3 rings (SSSR count). The number of nitrogens with zero attached hydrogens (tertiary/aromatic N) is 2. The van der Waals surface area contributed by atoms with Crippen molar-refractivity contribution < 1.29 is 27.9 Å². The molecule has 124 valence electrons. The summed E-state index contributed by atoms with van der Waals surface area (Å²) < 4.78 is 37.5. The molecule has 0 spiro atoms. The molecule has 1 N–H and O–H groups in total.